The zero-order valence-corrected chi connectivity index (χ0v) is 11.5. The summed E-state index contributed by atoms with van der Waals surface area (Å²) in [5.74, 6) is 0.266. The van der Waals surface area contributed by atoms with Gasteiger partial charge in [0.2, 0.25) is 5.28 Å². The Morgan fingerprint density at radius 2 is 2.15 bits per heavy atom. The molecule has 1 aromatic carbocycles. The minimum absolute atomic E-state index is 0.0234. The number of nitro benzene ring substituents is 1. The Labute approximate surface area is 122 Å². The molecule has 0 aliphatic heterocycles. The summed E-state index contributed by atoms with van der Waals surface area (Å²) < 4.78 is 0. The lowest BCUT2D eigenvalue weighted by molar-refractivity contribution is -0.384. The first-order valence-corrected chi connectivity index (χ1v) is 6.77. The summed E-state index contributed by atoms with van der Waals surface area (Å²) >= 11 is 7.13. The number of anilines is 1. The van der Waals surface area contributed by atoms with Gasteiger partial charge in [0.25, 0.3) is 5.69 Å². The van der Waals surface area contributed by atoms with Crippen molar-refractivity contribution in [2.24, 2.45) is 0 Å². The first kappa shape index (κ1) is 12.8. The molecule has 100 valence electrons. The standard InChI is InChI=1S/C12H7ClN4O2S/c13-12-15-10(14)9-8(5-20-11(9)16-12)6-2-1-3-7(4-6)17(18)19/h1-5H,(H2,14,15,16). The molecule has 0 aliphatic carbocycles. The summed E-state index contributed by atoms with van der Waals surface area (Å²) in [4.78, 5) is 19.1. The maximum absolute atomic E-state index is 10.8. The van der Waals surface area contributed by atoms with Gasteiger partial charge < -0.3 is 5.73 Å². The highest BCUT2D eigenvalue weighted by Gasteiger charge is 2.15. The fraction of sp³-hybridized carbons (Fsp3) is 0. The van der Waals surface area contributed by atoms with E-state index in [1.165, 1.54) is 23.5 Å². The molecule has 3 aromatic rings. The van der Waals surface area contributed by atoms with Crippen LogP contribution in [0, 0.1) is 10.1 Å². The maximum Gasteiger partial charge on any atom is 0.270 e. The molecule has 2 heterocycles. The number of nitrogens with two attached hydrogens (primary N) is 1. The molecule has 6 nitrogen and oxygen atoms in total. The van der Waals surface area contributed by atoms with E-state index in [2.05, 4.69) is 9.97 Å². The number of non-ortho nitro benzene ring substituents is 1. The average Bonchev–Trinajstić information content (AvgIpc) is 2.82. The van der Waals surface area contributed by atoms with Gasteiger partial charge in [0, 0.05) is 23.1 Å². The molecule has 0 radical (unpaired) electrons. The van der Waals surface area contributed by atoms with Crippen molar-refractivity contribution in [3.05, 3.63) is 45.0 Å². The van der Waals surface area contributed by atoms with Crippen LogP contribution in [0.25, 0.3) is 21.3 Å². The molecule has 3 rings (SSSR count). The van der Waals surface area contributed by atoms with Gasteiger partial charge in [-0.25, -0.2) is 9.97 Å². The maximum atomic E-state index is 10.8. The molecule has 0 fully saturated rings. The zero-order valence-electron chi connectivity index (χ0n) is 9.91. The fourth-order valence-corrected chi connectivity index (χ4v) is 3.12. The third kappa shape index (κ3) is 2.06. The van der Waals surface area contributed by atoms with Crippen LogP contribution in [0.15, 0.2) is 29.6 Å². The van der Waals surface area contributed by atoms with Gasteiger partial charge in [-0.15, -0.1) is 11.3 Å². The molecule has 0 saturated carbocycles. The van der Waals surface area contributed by atoms with Crippen LogP contribution in [0.3, 0.4) is 0 Å². The van der Waals surface area contributed by atoms with Gasteiger partial charge in [-0.05, 0) is 17.2 Å². The van der Waals surface area contributed by atoms with E-state index in [-0.39, 0.29) is 16.8 Å². The van der Waals surface area contributed by atoms with Crippen molar-refractivity contribution in [3.8, 4) is 11.1 Å². The number of hydrogen-bond donors (Lipinski definition) is 1. The third-order valence-electron chi connectivity index (χ3n) is 2.80. The normalized spacial score (nSPS) is 10.8. The highest BCUT2D eigenvalue weighted by atomic mass is 35.5. The van der Waals surface area contributed by atoms with Gasteiger partial charge >= 0.3 is 0 Å². The van der Waals surface area contributed by atoms with E-state index in [1.807, 2.05) is 5.38 Å². The number of benzene rings is 1. The monoisotopic (exact) mass is 306 g/mol. The Morgan fingerprint density at radius 1 is 1.35 bits per heavy atom. The summed E-state index contributed by atoms with van der Waals surface area (Å²) in [6.45, 7) is 0. The predicted molar refractivity (Wildman–Crippen MR) is 78.9 cm³/mol. The van der Waals surface area contributed by atoms with Crippen LogP contribution < -0.4 is 5.73 Å². The smallest absolute Gasteiger partial charge is 0.270 e. The number of aromatic nitrogens is 2. The number of rotatable bonds is 2. The van der Waals surface area contributed by atoms with Crippen LogP contribution in [0.2, 0.25) is 5.28 Å². The Hall–Kier alpha value is -2.25. The van der Waals surface area contributed by atoms with Crippen molar-refractivity contribution in [2.75, 3.05) is 5.73 Å². The van der Waals surface area contributed by atoms with E-state index >= 15 is 0 Å². The van der Waals surface area contributed by atoms with Crippen molar-refractivity contribution < 1.29 is 4.92 Å². The Kier molecular flexibility index (Phi) is 3.00. The Morgan fingerprint density at radius 3 is 2.90 bits per heavy atom. The van der Waals surface area contributed by atoms with E-state index in [4.69, 9.17) is 17.3 Å². The molecule has 20 heavy (non-hydrogen) atoms. The summed E-state index contributed by atoms with van der Waals surface area (Å²) in [5, 5.41) is 13.4. The largest absolute Gasteiger partial charge is 0.383 e. The van der Waals surface area contributed by atoms with Gasteiger partial charge in [0.1, 0.15) is 10.6 Å². The number of hydrogen-bond acceptors (Lipinski definition) is 6. The molecule has 2 aromatic heterocycles. The number of thiophene rings is 1. The number of fused-ring (bicyclic) bond motifs is 1. The molecule has 0 bridgehead atoms. The lowest BCUT2D eigenvalue weighted by Crippen LogP contribution is -1.94. The highest BCUT2D eigenvalue weighted by Crippen LogP contribution is 2.37. The molecule has 0 atom stereocenters. The lowest BCUT2D eigenvalue weighted by atomic mass is 10.1. The van der Waals surface area contributed by atoms with Gasteiger partial charge in [0.15, 0.2) is 0 Å². The second kappa shape index (κ2) is 4.69. The summed E-state index contributed by atoms with van der Waals surface area (Å²) in [6, 6.07) is 6.34. The van der Waals surface area contributed by atoms with Gasteiger partial charge in [-0.2, -0.15) is 0 Å². The molecule has 2 N–H and O–H groups in total. The molecule has 0 unspecified atom stereocenters. The molecule has 0 saturated heterocycles. The zero-order chi connectivity index (χ0) is 14.3. The van der Waals surface area contributed by atoms with Crippen LogP contribution in [0.1, 0.15) is 0 Å². The quantitative estimate of drug-likeness (QED) is 0.444. The number of nitrogens with zero attached hydrogens (tertiary/aromatic N) is 3. The van der Waals surface area contributed by atoms with E-state index in [9.17, 15) is 10.1 Å². The molecule has 0 amide bonds. The number of nitrogen functional groups attached to an aromatic ring is 1. The minimum Gasteiger partial charge on any atom is -0.383 e. The topological polar surface area (TPSA) is 94.9 Å². The summed E-state index contributed by atoms with van der Waals surface area (Å²) in [7, 11) is 0. The van der Waals surface area contributed by atoms with Crippen LogP contribution in [-0.2, 0) is 0 Å². The van der Waals surface area contributed by atoms with Crippen molar-refractivity contribution in [3.63, 3.8) is 0 Å². The average molecular weight is 307 g/mol. The summed E-state index contributed by atoms with van der Waals surface area (Å²) in [6.07, 6.45) is 0. The van der Waals surface area contributed by atoms with E-state index in [1.54, 1.807) is 12.1 Å². The third-order valence-corrected chi connectivity index (χ3v) is 3.84. The van der Waals surface area contributed by atoms with E-state index in [0.29, 0.717) is 15.8 Å². The molecule has 0 spiro atoms. The molecule has 8 heteroatoms. The lowest BCUT2D eigenvalue weighted by Gasteiger charge is -2.02. The van der Waals surface area contributed by atoms with E-state index in [0.717, 1.165) is 5.56 Å². The SMILES string of the molecule is Nc1nc(Cl)nc2scc(-c3cccc([N+](=O)[O-])c3)c12. The minimum atomic E-state index is -0.436. The summed E-state index contributed by atoms with van der Waals surface area (Å²) in [5.41, 5.74) is 7.36. The molecular weight excluding hydrogens is 300 g/mol. The van der Waals surface area contributed by atoms with Crippen molar-refractivity contribution >= 4 is 44.7 Å². The Balaban J connectivity index is 2.25. The van der Waals surface area contributed by atoms with Gasteiger partial charge in [-0.3, -0.25) is 10.1 Å². The number of nitro groups is 1. The Bertz CT molecular complexity index is 833. The van der Waals surface area contributed by atoms with Crippen molar-refractivity contribution in [2.45, 2.75) is 0 Å². The second-order valence-electron chi connectivity index (χ2n) is 4.01. The highest BCUT2D eigenvalue weighted by molar-refractivity contribution is 7.17. The van der Waals surface area contributed by atoms with Crippen LogP contribution in [-0.4, -0.2) is 14.9 Å². The van der Waals surface area contributed by atoms with Gasteiger partial charge in [0.05, 0.1) is 10.3 Å². The van der Waals surface area contributed by atoms with Gasteiger partial charge in [-0.1, -0.05) is 12.1 Å². The fourth-order valence-electron chi connectivity index (χ4n) is 1.94. The molecule has 0 aliphatic rings. The van der Waals surface area contributed by atoms with E-state index < -0.39 is 4.92 Å². The first-order valence-electron chi connectivity index (χ1n) is 5.51. The first-order chi connectivity index (χ1) is 9.56. The molecular formula is C12H7ClN4O2S. The van der Waals surface area contributed by atoms with Crippen LogP contribution in [0.4, 0.5) is 11.5 Å². The van der Waals surface area contributed by atoms with Crippen LogP contribution in [0.5, 0.6) is 0 Å². The van der Waals surface area contributed by atoms with Crippen molar-refractivity contribution in [1.82, 2.24) is 9.97 Å². The van der Waals surface area contributed by atoms with Crippen molar-refractivity contribution in [1.29, 1.82) is 0 Å². The number of halogens is 1. The second-order valence-corrected chi connectivity index (χ2v) is 5.21. The van der Waals surface area contributed by atoms with Crippen LogP contribution >= 0.6 is 22.9 Å². The predicted octanol–water partition coefficient (Wildman–Crippen LogP) is 3.50.